The van der Waals surface area contributed by atoms with Crippen LogP contribution in [0.15, 0.2) is 24.5 Å². The molecule has 0 aliphatic heterocycles. The molecule has 0 spiro atoms. The van der Waals surface area contributed by atoms with Crippen molar-refractivity contribution < 1.29 is 0 Å². The fourth-order valence-corrected chi connectivity index (χ4v) is 3.05. The Morgan fingerprint density at radius 2 is 1.88 bits per heavy atom. The van der Waals surface area contributed by atoms with Gasteiger partial charge in [0.15, 0.2) is 0 Å². The number of hydrogen-bond donors (Lipinski definition) is 1. The first kappa shape index (κ1) is 13.5. The second-order valence-corrected chi connectivity index (χ2v) is 5.86. The molecule has 0 aliphatic carbocycles. The molecule has 1 heterocycles. The molecule has 0 aromatic carbocycles. The zero-order chi connectivity index (χ0) is 12.0. The lowest BCUT2D eigenvalue weighted by Crippen LogP contribution is -2.23. The highest BCUT2D eigenvalue weighted by atomic mass is 32.2. The van der Waals surface area contributed by atoms with Gasteiger partial charge in [0.2, 0.25) is 0 Å². The Labute approximate surface area is 103 Å². The van der Waals surface area contributed by atoms with E-state index in [9.17, 15) is 0 Å². The molecule has 0 amide bonds. The van der Waals surface area contributed by atoms with Crippen LogP contribution in [0, 0.1) is 5.92 Å². The lowest BCUT2D eigenvalue weighted by molar-refractivity contribution is 0.629. The Balaban J connectivity index is 2.55. The van der Waals surface area contributed by atoms with E-state index in [0.717, 1.165) is 5.92 Å². The molecule has 1 aromatic rings. The maximum absolute atomic E-state index is 6.04. The predicted octanol–water partition coefficient (Wildman–Crippen LogP) is 3.25. The second kappa shape index (κ2) is 6.92. The van der Waals surface area contributed by atoms with E-state index in [1.165, 1.54) is 17.7 Å². The molecule has 2 N–H and O–H groups in total. The molecule has 90 valence electrons. The molecule has 2 nitrogen and oxygen atoms in total. The summed E-state index contributed by atoms with van der Waals surface area (Å²) in [5.41, 5.74) is 7.33. The average Bonchev–Trinajstić information content (AvgIpc) is 2.25. The van der Waals surface area contributed by atoms with Crippen molar-refractivity contribution in [3.63, 3.8) is 0 Å². The normalized spacial score (nSPS) is 15.1. The van der Waals surface area contributed by atoms with Gasteiger partial charge in [-0.1, -0.05) is 13.8 Å². The van der Waals surface area contributed by atoms with Gasteiger partial charge in [-0.05, 0) is 42.7 Å². The minimum absolute atomic E-state index is 0.180. The van der Waals surface area contributed by atoms with E-state index < -0.39 is 0 Å². The molecule has 16 heavy (non-hydrogen) atoms. The van der Waals surface area contributed by atoms with Crippen LogP contribution in [0.4, 0.5) is 0 Å². The third-order valence-electron chi connectivity index (χ3n) is 2.50. The summed E-state index contributed by atoms with van der Waals surface area (Å²) in [6, 6.07) is 4.31. The maximum Gasteiger partial charge on any atom is 0.0446 e. The van der Waals surface area contributed by atoms with Crippen LogP contribution in [0.5, 0.6) is 0 Å². The summed E-state index contributed by atoms with van der Waals surface area (Å²) in [7, 11) is 0. The number of rotatable bonds is 6. The Morgan fingerprint density at radius 3 is 2.38 bits per heavy atom. The van der Waals surface area contributed by atoms with Gasteiger partial charge in [0.05, 0.1) is 0 Å². The van der Waals surface area contributed by atoms with Gasteiger partial charge >= 0.3 is 0 Å². The van der Waals surface area contributed by atoms with E-state index in [1.54, 1.807) is 0 Å². The van der Waals surface area contributed by atoms with Crippen molar-refractivity contribution in [3.05, 3.63) is 30.1 Å². The molecule has 3 heteroatoms. The van der Waals surface area contributed by atoms with Crippen LogP contribution >= 0.6 is 11.8 Å². The summed E-state index contributed by atoms with van der Waals surface area (Å²) in [5.74, 6) is 1.94. The third kappa shape index (κ3) is 4.54. The summed E-state index contributed by atoms with van der Waals surface area (Å²) in [6.45, 7) is 6.59. The van der Waals surface area contributed by atoms with Crippen molar-refractivity contribution in [2.45, 2.75) is 38.5 Å². The molecular weight excluding hydrogens is 216 g/mol. The predicted molar refractivity (Wildman–Crippen MR) is 72.5 cm³/mol. The topological polar surface area (TPSA) is 38.9 Å². The van der Waals surface area contributed by atoms with Crippen molar-refractivity contribution in [1.82, 2.24) is 4.98 Å². The van der Waals surface area contributed by atoms with Crippen LogP contribution in [0.2, 0.25) is 0 Å². The van der Waals surface area contributed by atoms with E-state index >= 15 is 0 Å². The summed E-state index contributed by atoms with van der Waals surface area (Å²) in [6.07, 6.45) is 4.93. The second-order valence-electron chi connectivity index (χ2n) is 4.61. The van der Waals surface area contributed by atoms with Gasteiger partial charge in [0.25, 0.3) is 0 Å². The van der Waals surface area contributed by atoms with Gasteiger partial charge in [0.1, 0.15) is 0 Å². The first-order valence-electron chi connectivity index (χ1n) is 5.88. The highest BCUT2D eigenvalue weighted by Gasteiger charge is 2.16. The van der Waals surface area contributed by atoms with Gasteiger partial charge in [-0.3, -0.25) is 4.98 Å². The number of hydrogen-bond acceptors (Lipinski definition) is 3. The van der Waals surface area contributed by atoms with Gasteiger partial charge < -0.3 is 5.73 Å². The van der Waals surface area contributed by atoms with Crippen molar-refractivity contribution >= 4 is 11.8 Å². The Kier molecular flexibility index (Phi) is 5.85. The van der Waals surface area contributed by atoms with Crippen LogP contribution in [0.3, 0.4) is 0 Å². The summed E-state index contributed by atoms with van der Waals surface area (Å²) in [5, 5.41) is 0.391. The molecule has 2 unspecified atom stereocenters. The van der Waals surface area contributed by atoms with Crippen LogP contribution < -0.4 is 5.73 Å². The monoisotopic (exact) mass is 238 g/mol. The largest absolute Gasteiger partial charge is 0.327 e. The smallest absolute Gasteiger partial charge is 0.0446 e. The van der Waals surface area contributed by atoms with E-state index in [-0.39, 0.29) is 6.04 Å². The van der Waals surface area contributed by atoms with E-state index in [4.69, 9.17) is 5.73 Å². The summed E-state index contributed by atoms with van der Waals surface area (Å²) >= 11 is 1.96. The molecule has 0 radical (unpaired) electrons. The zero-order valence-electron chi connectivity index (χ0n) is 10.4. The molecular formula is C13H22N2S. The fraction of sp³-hybridized carbons (Fsp3) is 0.615. The van der Waals surface area contributed by atoms with Gasteiger partial charge in [-0.2, -0.15) is 11.8 Å². The van der Waals surface area contributed by atoms with Gasteiger partial charge in [-0.25, -0.2) is 0 Å². The van der Waals surface area contributed by atoms with Crippen molar-refractivity contribution in [3.8, 4) is 0 Å². The first-order valence-corrected chi connectivity index (χ1v) is 6.93. The lowest BCUT2D eigenvalue weighted by Gasteiger charge is -2.21. The average molecular weight is 238 g/mol. The summed E-state index contributed by atoms with van der Waals surface area (Å²) < 4.78 is 0. The first-order chi connectivity index (χ1) is 7.61. The Hall–Kier alpha value is -0.540. The van der Waals surface area contributed by atoms with Crippen LogP contribution in [0.1, 0.15) is 38.0 Å². The highest BCUT2D eigenvalue weighted by molar-refractivity contribution is 7.99. The standard InChI is InChI=1S/C13H22N2S/c1-10(2)6-9-16-13(11(3)14)12-4-7-15-8-5-12/h4-5,7-8,10-11,13H,6,9,14H2,1-3H3. The molecule has 1 aromatic heterocycles. The molecule has 0 aliphatic rings. The number of nitrogens with two attached hydrogens (primary N) is 1. The van der Waals surface area contributed by atoms with Crippen molar-refractivity contribution in [1.29, 1.82) is 0 Å². The van der Waals surface area contributed by atoms with Gasteiger partial charge in [-0.15, -0.1) is 0 Å². The van der Waals surface area contributed by atoms with Crippen molar-refractivity contribution in [2.75, 3.05) is 5.75 Å². The molecule has 0 saturated heterocycles. The molecule has 0 fully saturated rings. The Bertz CT molecular complexity index is 285. The highest BCUT2D eigenvalue weighted by Crippen LogP contribution is 2.31. The number of thioether (sulfide) groups is 1. The zero-order valence-corrected chi connectivity index (χ0v) is 11.2. The lowest BCUT2D eigenvalue weighted by atomic mass is 10.1. The fourth-order valence-electron chi connectivity index (χ4n) is 1.54. The number of aromatic nitrogens is 1. The third-order valence-corrected chi connectivity index (χ3v) is 4.04. The minimum atomic E-state index is 0.180. The van der Waals surface area contributed by atoms with Crippen LogP contribution in [0.25, 0.3) is 0 Å². The van der Waals surface area contributed by atoms with E-state index in [1.807, 2.05) is 24.2 Å². The molecule has 0 bridgehead atoms. The van der Waals surface area contributed by atoms with Crippen LogP contribution in [-0.2, 0) is 0 Å². The van der Waals surface area contributed by atoms with E-state index in [0.29, 0.717) is 5.25 Å². The van der Waals surface area contributed by atoms with Gasteiger partial charge in [0, 0.05) is 23.7 Å². The SMILES string of the molecule is CC(C)CCSC(c1ccncc1)C(C)N. The Morgan fingerprint density at radius 1 is 1.25 bits per heavy atom. The maximum atomic E-state index is 6.04. The minimum Gasteiger partial charge on any atom is -0.327 e. The molecule has 1 rings (SSSR count). The van der Waals surface area contributed by atoms with E-state index in [2.05, 4.69) is 37.9 Å². The quantitative estimate of drug-likeness (QED) is 0.827. The number of pyridine rings is 1. The van der Waals surface area contributed by atoms with Crippen molar-refractivity contribution in [2.24, 2.45) is 11.7 Å². The summed E-state index contributed by atoms with van der Waals surface area (Å²) in [4.78, 5) is 4.05. The number of nitrogens with zero attached hydrogens (tertiary/aromatic N) is 1. The molecule has 0 saturated carbocycles. The van der Waals surface area contributed by atoms with Crippen LogP contribution in [-0.4, -0.2) is 16.8 Å². The molecule has 2 atom stereocenters.